The fraction of sp³-hybridized carbons (Fsp3) is 0.316. The molecule has 1 atom stereocenters. The topological polar surface area (TPSA) is 101 Å². The molecule has 0 saturated carbocycles. The van der Waals surface area contributed by atoms with Gasteiger partial charge >= 0.3 is 0 Å². The summed E-state index contributed by atoms with van der Waals surface area (Å²) >= 11 is 0.920. The van der Waals surface area contributed by atoms with E-state index >= 15 is 0 Å². The van der Waals surface area contributed by atoms with Crippen LogP contribution < -0.4 is 10.0 Å². The number of aryl methyl sites for hydroxylation is 1. The number of aromatic nitrogens is 2. The normalized spacial score (nSPS) is 13.0. The summed E-state index contributed by atoms with van der Waals surface area (Å²) in [6.45, 7) is 5.22. The van der Waals surface area contributed by atoms with Gasteiger partial charge in [0.05, 0.1) is 11.7 Å². The Kier molecular flexibility index (Phi) is 6.25. The molecule has 0 aliphatic carbocycles. The van der Waals surface area contributed by atoms with Crippen molar-refractivity contribution in [2.45, 2.75) is 38.3 Å². The Bertz CT molecular complexity index is 1150. The number of nitrogens with zero attached hydrogens (tertiary/aromatic N) is 2. The molecular formula is C19H21FN4O3S2. The summed E-state index contributed by atoms with van der Waals surface area (Å²) in [5, 5.41) is 2.67. The van der Waals surface area contributed by atoms with Gasteiger partial charge in [0.2, 0.25) is 15.9 Å². The third kappa shape index (κ3) is 4.77. The van der Waals surface area contributed by atoms with Gasteiger partial charge in [-0.2, -0.15) is 13.5 Å². The number of nitrogens with one attached hydrogen (secondary N) is 2. The highest BCUT2D eigenvalue weighted by atomic mass is 32.2. The van der Waals surface area contributed by atoms with Gasteiger partial charge in [0, 0.05) is 6.54 Å². The summed E-state index contributed by atoms with van der Waals surface area (Å²) < 4.78 is 50.1. The second-order valence-corrected chi connectivity index (χ2v) is 9.24. The molecule has 0 aliphatic heterocycles. The number of halogens is 1. The van der Waals surface area contributed by atoms with Gasteiger partial charge < -0.3 is 5.32 Å². The highest BCUT2D eigenvalue weighted by Gasteiger charge is 2.29. The molecule has 7 nitrogen and oxygen atoms in total. The first-order valence-corrected chi connectivity index (χ1v) is 11.2. The molecule has 1 unspecified atom stereocenters. The van der Waals surface area contributed by atoms with Crippen molar-refractivity contribution in [3.63, 3.8) is 0 Å². The molecule has 2 aromatic carbocycles. The van der Waals surface area contributed by atoms with Crippen molar-refractivity contribution in [3.05, 3.63) is 53.3 Å². The van der Waals surface area contributed by atoms with Gasteiger partial charge in [0.25, 0.3) is 0 Å². The smallest absolute Gasteiger partial charge is 0.243 e. The Balaban J connectivity index is 1.77. The predicted molar refractivity (Wildman–Crippen MR) is 109 cm³/mol. The highest BCUT2D eigenvalue weighted by molar-refractivity contribution is 7.89. The molecule has 154 valence electrons. The fourth-order valence-corrected chi connectivity index (χ4v) is 4.88. The van der Waals surface area contributed by atoms with Gasteiger partial charge in [-0.3, -0.25) is 4.79 Å². The first-order valence-electron chi connectivity index (χ1n) is 8.95. The van der Waals surface area contributed by atoms with Crippen molar-refractivity contribution in [1.29, 1.82) is 0 Å². The number of sulfonamides is 1. The van der Waals surface area contributed by atoms with E-state index < -0.39 is 22.0 Å². The molecule has 29 heavy (non-hydrogen) atoms. The van der Waals surface area contributed by atoms with Gasteiger partial charge in [0.1, 0.15) is 27.8 Å². The van der Waals surface area contributed by atoms with E-state index in [9.17, 15) is 17.6 Å². The van der Waals surface area contributed by atoms with E-state index in [0.717, 1.165) is 11.7 Å². The number of rotatable bonds is 7. The van der Waals surface area contributed by atoms with Crippen molar-refractivity contribution in [1.82, 2.24) is 18.8 Å². The molecule has 3 rings (SSSR count). The first-order chi connectivity index (χ1) is 13.7. The quantitative estimate of drug-likeness (QED) is 0.593. The largest absolute Gasteiger partial charge is 0.351 e. The molecule has 1 amide bonds. The Morgan fingerprint density at radius 1 is 1.21 bits per heavy atom. The van der Waals surface area contributed by atoms with Crippen LogP contribution in [0.15, 0.2) is 41.3 Å². The maximum atomic E-state index is 13.7. The van der Waals surface area contributed by atoms with Crippen LogP contribution >= 0.6 is 11.7 Å². The lowest BCUT2D eigenvalue weighted by Gasteiger charge is -2.21. The van der Waals surface area contributed by atoms with E-state index in [1.165, 1.54) is 12.1 Å². The molecular weight excluding hydrogens is 415 g/mol. The van der Waals surface area contributed by atoms with Crippen LogP contribution in [-0.4, -0.2) is 29.1 Å². The Hall–Kier alpha value is -2.43. The molecule has 0 fully saturated rings. The van der Waals surface area contributed by atoms with Crippen LogP contribution in [0.3, 0.4) is 0 Å². The average Bonchev–Trinajstić information content (AvgIpc) is 3.15. The van der Waals surface area contributed by atoms with E-state index in [1.54, 1.807) is 45.0 Å². The van der Waals surface area contributed by atoms with E-state index in [0.29, 0.717) is 16.6 Å². The molecule has 1 aromatic heterocycles. The number of amides is 1. The summed E-state index contributed by atoms with van der Waals surface area (Å²) in [7, 11) is -4.01. The van der Waals surface area contributed by atoms with Crippen LogP contribution in [0.5, 0.6) is 0 Å². The lowest BCUT2D eigenvalue weighted by molar-refractivity contribution is -0.123. The van der Waals surface area contributed by atoms with Crippen LogP contribution in [0.25, 0.3) is 11.0 Å². The molecule has 10 heteroatoms. The molecule has 0 spiro atoms. The predicted octanol–water partition coefficient (Wildman–Crippen LogP) is 2.76. The van der Waals surface area contributed by atoms with Crippen LogP contribution in [0.4, 0.5) is 4.39 Å². The molecule has 0 bridgehead atoms. The van der Waals surface area contributed by atoms with E-state index in [-0.39, 0.29) is 28.7 Å². The standard InChI is InChI=1S/C19H21FN4O3S2/c1-11(2)17(19(25)21-10-13-8-7-12(3)14(20)9-13)24-29(26,27)16-6-4-5-15-18(16)23-28-22-15/h4-9,11,17,24H,10H2,1-3H3,(H,21,25). The lowest BCUT2D eigenvalue weighted by Crippen LogP contribution is -2.49. The summed E-state index contributed by atoms with van der Waals surface area (Å²) in [6.07, 6.45) is 0. The van der Waals surface area contributed by atoms with Gasteiger partial charge in [0.15, 0.2) is 0 Å². The maximum absolute atomic E-state index is 13.7. The molecule has 0 saturated heterocycles. The van der Waals surface area contributed by atoms with Crippen LogP contribution in [0, 0.1) is 18.7 Å². The number of benzene rings is 2. The van der Waals surface area contributed by atoms with E-state index in [1.807, 2.05) is 0 Å². The SMILES string of the molecule is Cc1ccc(CNC(=O)C(NS(=O)(=O)c2cccc3nsnc23)C(C)C)cc1F. The summed E-state index contributed by atoms with van der Waals surface area (Å²) in [4.78, 5) is 12.6. The molecule has 3 aromatic rings. The minimum Gasteiger partial charge on any atom is -0.351 e. The molecule has 0 radical (unpaired) electrons. The number of hydrogen-bond donors (Lipinski definition) is 2. The van der Waals surface area contributed by atoms with Crippen LogP contribution in [-0.2, 0) is 21.4 Å². The van der Waals surface area contributed by atoms with Gasteiger partial charge in [-0.15, -0.1) is 0 Å². The molecule has 1 heterocycles. The van der Waals surface area contributed by atoms with E-state index in [4.69, 9.17) is 0 Å². The first kappa shape index (κ1) is 21.3. The van der Waals surface area contributed by atoms with Gasteiger partial charge in [-0.1, -0.05) is 32.0 Å². The molecule has 0 aliphatic rings. The van der Waals surface area contributed by atoms with Crippen molar-refractivity contribution in [2.75, 3.05) is 0 Å². The summed E-state index contributed by atoms with van der Waals surface area (Å²) in [5.41, 5.74) is 1.84. The third-order valence-electron chi connectivity index (χ3n) is 4.47. The Morgan fingerprint density at radius 3 is 2.66 bits per heavy atom. The highest BCUT2D eigenvalue weighted by Crippen LogP contribution is 2.22. The van der Waals surface area contributed by atoms with Gasteiger partial charge in [-0.25, -0.2) is 12.8 Å². The minimum absolute atomic E-state index is 0.0252. The third-order valence-corrected chi connectivity index (χ3v) is 6.49. The van der Waals surface area contributed by atoms with E-state index in [2.05, 4.69) is 18.8 Å². The average molecular weight is 437 g/mol. The zero-order valence-corrected chi connectivity index (χ0v) is 17.8. The lowest BCUT2D eigenvalue weighted by atomic mass is 10.0. The van der Waals surface area contributed by atoms with Gasteiger partial charge in [-0.05, 0) is 42.2 Å². The van der Waals surface area contributed by atoms with Crippen molar-refractivity contribution >= 4 is 38.7 Å². The zero-order valence-electron chi connectivity index (χ0n) is 16.1. The number of carbonyl (C=O) groups is 1. The van der Waals surface area contributed by atoms with Crippen molar-refractivity contribution in [3.8, 4) is 0 Å². The fourth-order valence-electron chi connectivity index (χ4n) is 2.77. The molecule has 2 N–H and O–H groups in total. The minimum atomic E-state index is -4.01. The maximum Gasteiger partial charge on any atom is 0.243 e. The van der Waals surface area contributed by atoms with Crippen molar-refractivity contribution in [2.24, 2.45) is 5.92 Å². The second-order valence-electron chi connectivity index (χ2n) is 7.03. The number of carbonyl (C=O) groups excluding carboxylic acids is 1. The number of hydrogen-bond acceptors (Lipinski definition) is 6. The van der Waals surface area contributed by atoms with Crippen LogP contribution in [0.1, 0.15) is 25.0 Å². The van der Waals surface area contributed by atoms with Crippen molar-refractivity contribution < 1.29 is 17.6 Å². The Morgan fingerprint density at radius 2 is 1.97 bits per heavy atom. The Labute approximate surface area is 172 Å². The second kappa shape index (κ2) is 8.52. The zero-order chi connectivity index (χ0) is 21.2. The number of fused-ring (bicyclic) bond motifs is 1. The monoisotopic (exact) mass is 436 g/mol. The summed E-state index contributed by atoms with van der Waals surface area (Å²) in [5.74, 6) is -1.16. The summed E-state index contributed by atoms with van der Waals surface area (Å²) in [6, 6.07) is 8.36. The van der Waals surface area contributed by atoms with Crippen LogP contribution in [0.2, 0.25) is 0 Å².